The number of hydrogen-bond donors (Lipinski definition) is 1. The first-order valence-corrected chi connectivity index (χ1v) is 13.0. The fourth-order valence-electron chi connectivity index (χ4n) is 5.21. The SMILES string of the molecule is COC(=O)c1ccc(C(=O)Nc2cc(C(C)=O)ccc2N(C)c2ccc3c(c2)C(C)(C)CCC3(C)C)c(F)c1. The zero-order chi connectivity index (χ0) is 28.7. The van der Waals surface area contributed by atoms with Gasteiger partial charge in [-0.3, -0.25) is 9.59 Å². The fourth-order valence-corrected chi connectivity index (χ4v) is 5.21. The quantitative estimate of drug-likeness (QED) is 0.270. The Labute approximate surface area is 229 Å². The summed E-state index contributed by atoms with van der Waals surface area (Å²) < 4.78 is 19.4. The Bertz CT molecular complexity index is 1470. The molecule has 0 saturated carbocycles. The number of nitrogens with zero attached hydrogens (tertiary/aromatic N) is 1. The molecular formula is C32H35FN2O4. The highest BCUT2D eigenvalue weighted by Gasteiger charge is 2.37. The first-order valence-electron chi connectivity index (χ1n) is 13.0. The summed E-state index contributed by atoms with van der Waals surface area (Å²) in [6.07, 6.45) is 2.19. The van der Waals surface area contributed by atoms with E-state index in [9.17, 15) is 18.8 Å². The number of anilines is 3. The standard InChI is InChI=1S/C32H35FN2O4/c1-19(36)20-9-13-28(27(17-20)34-29(37)23-11-8-21(16-26(23)33)30(38)39-7)35(6)22-10-12-24-25(18-22)32(4,5)15-14-31(24,2)3/h8-13,16-18H,14-15H2,1-7H3,(H,34,37). The van der Waals surface area contributed by atoms with Gasteiger partial charge in [0.25, 0.3) is 5.91 Å². The lowest BCUT2D eigenvalue weighted by atomic mass is 9.63. The van der Waals surface area contributed by atoms with Gasteiger partial charge in [0, 0.05) is 18.3 Å². The highest BCUT2D eigenvalue weighted by molar-refractivity contribution is 6.08. The average Bonchev–Trinajstić information content (AvgIpc) is 2.90. The number of Topliss-reactive ketones (excluding diaryl/α,β-unsaturated/α-hetero) is 1. The van der Waals surface area contributed by atoms with Gasteiger partial charge in [-0.15, -0.1) is 0 Å². The number of halogens is 1. The van der Waals surface area contributed by atoms with Crippen LogP contribution < -0.4 is 10.2 Å². The molecule has 204 valence electrons. The normalized spacial score (nSPS) is 15.2. The maximum atomic E-state index is 14.8. The molecule has 0 heterocycles. The summed E-state index contributed by atoms with van der Waals surface area (Å²) in [6, 6.07) is 15.1. The number of esters is 1. The van der Waals surface area contributed by atoms with Gasteiger partial charge in [-0.25, -0.2) is 9.18 Å². The molecule has 3 aromatic rings. The summed E-state index contributed by atoms with van der Waals surface area (Å²) in [5, 5.41) is 2.78. The molecule has 7 heteroatoms. The molecule has 0 fully saturated rings. The van der Waals surface area contributed by atoms with E-state index < -0.39 is 17.7 Å². The number of benzene rings is 3. The van der Waals surface area contributed by atoms with Crippen LogP contribution in [0.1, 0.15) is 89.7 Å². The van der Waals surface area contributed by atoms with Crippen LogP contribution in [0.3, 0.4) is 0 Å². The Kier molecular flexibility index (Phi) is 7.39. The van der Waals surface area contributed by atoms with E-state index >= 15 is 0 Å². The molecule has 1 N–H and O–H groups in total. The van der Waals surface area contributed by atoms with Crippen molar-refractivity contribution in [3.05, 3.63) is 88.2 Å². The van der Waals surface area contributed by atoms with E-state index in [-0.39, 0.29) is 27.7 Å². The third-order valence-corrected chi connectivity index (χ3v) is 7.87. The molecule has 6 nitrogen and oxygen atoms in total. The van der Waals surface area contributed by atoms with Gasteiger partial charge in [0.15, 0.2) is 5.78 Å². The van der Waals surface area contributed by atoms with E-state index in [1.165, 1.54) is 37.3 Å². The topological polar surface area (TPSA) is 75.7 Å². The van der Waals surface area contributed by atoms with Gasteiger partial charge < -0.3 is 15.0 Å². The highest BCUT2D eigenvalue weighted by Crippen LogP contribution is 2.47. The minimum Gasteiger partial charge on any atom is -0.465 e. The molecule has 4 rings (SSSR count). The number of carbonyl (C=O) groups is 3. The largest absolute Gasteiger partial charge is 0.465 e. The Hall–Kier alpha value is -4.00. The third-order valence-electron chi connectivity index (χ3n) is 7.87. The van der Waals surface area contributed by atoms with Gasteiger partial charge in [0.1, 0.15) is 5.82 Å². The number of fused-ring (bicyclic) bond motifs is 1. The summed E-state index contributed by atoms with van der Waals surface area (Å²) in [5.74, 6) is -2.42. The van der Waals surface area contributed by atoms with Crippen LogP contribution in [0.5, 0.6) is 0 Å². The molecular weight excluding hydrogens is 495 g/mol. The predicted molar refractivity (Wildman–Crippen MR) is 152 cm³/mol. The van der Waals surface area contributed by atoms with Crippen molar-refractivity contribution < 1.29 is 23.5 Å². The summed E-state index contributed by atoms with van der Waals surface area (Å²) in [4.78, 5) is 39.0. The van der Waals surface area contributed by atoms with E-state index in [1.54, 1.807) is 18.2 Å². The molecule has 1 aliphatic carbocycles. The van der Waals surface area contributed by atoms with Gasteiger partial charge in [0.2, 0.25) is 0 Å². The molecule has 1 amide bonds. The number of carbonyl (C=O) groups excluding carboxylic acids is 3. The van der Waals surface area contributed by atoms with E-state index in [4.69, 9.17) is 0 Å². The number of ether oxygens (including phenoxy) is 1. The number of hydrogen-bond acceptors (Lipinski definition) is 5. The van der Waals surface area contributed by atoms with E-state index in [1.807, 2.05) is 11.9 Å². The molecule has 0 aliphatic heterocycles. The van der Waals surface area contributed by atoms with Crippen molar-refractivity contribution in [1.29, 1.82) is 0 Å². The molecule has 0 spiro atoms. The van der Waals surface area contributed by atoms with Crippen LogP contribution in [-0.4, -0.2) is 31.8 Å². The number of nitrogens with one attached hydrogen (secondary N) is 1. The monoisotopic (exact) mass is 530 g/mol. The number of rotatable bonds is 6. The molecule has 0 atom stereocenters. The number of amides is 1. The smallest absolute Gasteiger partial charge is 0.337 e. The van der Waals surface area contributed by atoms with Gasteiger partial charge in [-0.1, -0.05) is 33.8 Å². The van der Waals surface area contributed by atoms with Crippen LogP contribution in [0.25, 0.3) is 0 Å². The maximum absolute atomic E-state index is 14.8. The van der Waals surface area contributed by atoms with Crippen LogP contribution in [0.15, 0.2) is 54.6 Å². The van der Waals surface area contributed by atoms with Crippen molar-refractivity contribution in [3.8, 4) is 0 Å². The van der Waals surface area contributed by atoms with Crippen molar-refractivity contribution in [1.82, 2.24) is 0 Å². The second-order valence-corrected chi connectivity index (χ2v) is 11.5. The van der Waals surface area contributed by atoms with Crippen molar-refractivity contribution in [3.63, 3.8) is 0 Å². The van der Waals surface area contributed by atoms with Crippen molar-refractivity contribution in [2.75, 3.05) is 24.4 Å². The average molecular weight is 531 g/mol. The van der Waals surface area contributed by atoms with Crippen molar-refractivity contribution in [2.45, 2.75) is 58.3 Å². The zero-order valence-electron chi connectivity index (χ0n) is 23.6. The van der Waals surface area contributed by atoms with Gasteiger partial charge >= 0.3 is 5.97 Å². The fraction of sp³-hybridized carbons (Fsp3) is 0.344. The minimum atomic E-state index is -0.854. The van der Waals surface area contributed by atoms with Crippen LogP contribution in [0.2, 0.25) is 0 Å². The van der Waals surface area contributed by atoms with Crippen LogP contribution in [0.4, 0.5) is 21.5 Å². The molecule has 0 unspecified atom stereocenters. The lowest BCUT2D eigenvalue weighted by molar-refractivity contribution is 0.0599. The predicted octanol–water partition coefficient (Wildman–Crippen LogP) is 7.18. The first-order chi connectivity index (χ1) is 18.2. The van der Waals surface area contributed by atoms with Crippen molar-refractivity contribution in [2.24, 2.45) is 0 Å². The van der Waals surface area contributed by atoms with Crippen molar-refractivity contribution >= 4 is 34.7 Å². The Morgan fingerprint density at radius 2 is 1.51 bits per heavy atom. The Morgan fingerprint density at radius 3 is 2.13 bits per heavy atom. The van der Waals surface area contributed by atoms with E-state index in [0.29, 0.717) is 16.9 Å². The summed E-state index contributed by atoms with van der Waals surface area (Å²) in [5.41, 5.74) is 4.85. The van der Waals surface area contributed by atoms with E-state index in [2.05, 4.69) is 55.9 Å². The maximum Gasteiger partial charge on any atom is 0.337 e. The van der Waals surface area contributed by atoms with Gasteiger partial charge in [-0.2, -0.15) is 0 Å². The van der Waals surface area contributed by atoms with Gasteiger partial charge in [-0.05, 0) is 90.3 Å². The zero-order valence-corrected chi connectivity index (χ0v) is 23.6. The molecule has 3 aromatic carbocycles. The number of ketones is 1. The summed E-state index contributed by atoms with van der Waals surface area (Å²) >= 11 is 0. The minimum absolute atomic E-state index is 0.00376. The molecule has 0 saturated heterocycles. The molecule has 0 aromatic heterocycles. The summed E-state index contributed by atoms with van der Waals surface area (Å²) in [7, 11) is 3.10. The van der Waals surface area contributed by atoms with Crippen LogP contribution in [0, 0.1) is 5.82 Å². The molecule has 0 bridgehead atoms. The van der Waals surface area contributed by atoms with E-state index in [0.717, 1.165) is 24.6 Å². The second-order valence-electron chi connectivity index (χ2n) is 11.5. The second kappa shape index (κ2) is 10.3. The Balaban J connectivity index is 1.73. The van der Waals surface area contributed by atoms with Gasteiger partial charge in [0.05, 0.1) is 29.6 Å². The highest BCUT2D eigenvalue weighted by atomic mass is 19.1. The summed E-state index contributed by atoms with van der Waals surface area (Å²) in [6.45, 7) is 10.5. The lowest BCUT2D eigenvalue weighted by Crippen LogP contribution is -2.34. The van der Waals surface area contributed by atoms with Crippen LogP contribution in [-0.2, 0) is 15.6 Å². The molecule has 0 radical (unpaired) electrons. The lowest BCUT2D eigenvalue weighted by Gasteiger charge is -2.42. The molecule has 1 aliphatic rings. The molecule has 39 heavy (non-hydrogen) atoms. The Morgan fingerprint density at radius 1 is 0.872 bits per heavy atom. The third kappa shape index (κ3) is 5.44. The van der Waals surface area contributed by atoms with Crippen LogP contribution >= 0.6 is 0 Å². The first kappa shape index (κ1) is 28.0. The number of methoxy groups -OCH3 is 1.